The van der Waals surface area contributed by atoms with Gasteiger partial charge < -0.3 is 10.6 Å². The van der Waals surface area contributed by atoms with E-state index in [4.69, 9.17) is 0 Å². The summed E-state index contributed by atoms with van der Waals surface area (Å²) in [5.41, 5.74) is 0.104. The largest absolute Gasteiger partial charge is 0.350 e. The normalized spacial score (nSPS) is 18.5. The maximum absolute atomic E-state index is 14.8. The molecule has 1 aliphatic rings. The highest BCUT2D eigenvalue weighted by Crippen LogP contribution is 2.25. The van der Waals surface area contributed by atoms with Gasteiger partial charge in [0.05, 0.1) is 17.6 Å². The minimum Gasteiger partial charge on any atom is -0.350 e. The van der Waals surface area contributed by atoms with E-state index in [2.05, 4.69) is 30.3 Å². The van der Waals surface area contributed by atoms with Gasteiger partial charge in [-0.05, 0) is 32.4 Å². The van der Waals surface area contributed by atoms with Crippen molar-refractivity contribution in [2.75, 3.05) is 28.9 Å². The zero-order valence-corrected chi connectivity index (χ0v) is 21.1. The minimum atomic E-state index is -3.68. The Balaban J connectivity index is 1.72. The Hall–Kier alpha value is -3.19. The summed E-state index contributed by atoms with van der Waals surface area (Å²) in [6, 6.07) is 3.27. The molecule has 0 unspecified atom stereocenters. The third kappa shape index (κ3) is 5.62. The van der Waals surface area contributed by atoms with Gasteiger partial charge in [0.25, 0.3) is 5.56 Å². The summed E-state index contributed by atoms with van der Waals surface area (Å²) in [7, 11) is -3.68. The average molecular weight is 522 g/mol. The van der Waals surface area contributed by atoms with Crippen molar-refractivity contribution < 1.29 is 17.2 Å². The fourth-order valence-electron chi connectivity index (χ4n) is 4.15. The summed E-state index contributed by atoms with van der Waals surface area (Å²) in [6.07, 6.45) is 1.19. The summed E-state index contributed by atoms with van der Waals surface area (Å²) < 4.78 is 56.2. The van der Waals surface area contributed by atoms with E-state index in [9.17, 15) is 22.0 Å². The lowest BCUT2D eigenvalue weighted by Crippen LogP contribution is -2.44. The molecule has 0 aliphatic carbocycles. The van der Waals surface area contributed by atoms with Crippen LogP contribution in [-0.2, 0) is 10.0 Å². The Morgan fingerprint density at radius 2 is 2.03 bits per heavy atom. The number of fused-ring (bicyclic) bond motifs is 1. The number of anilines is 2. The molecule has 0 bridgehead atoms. The van der Waals surface area contributed by atoms with Crippen molar-refractivity contribution in [3.63, 3.8) is 0 Å². The molecule has 2 atom stereocenters. The quantitative estimate of drug-likeness (QED) is 0.413. The molecule has 0 amide bonds. The van der Waals surface area contributed by atoms with Crippen LogP contribution in [0, 0.1) is 5.82 Å². The van der Waals surface area contributed by atoms with E-state index in [1.807, 2.05) is 13.8 Å². The highest BCUT2D eigenvalue weighted by molar-refractivity contribution is 7.92. The van der Waals surface area contributed by atoms with Crippen LogP contribution in [0.4, 0.5) is 20.4 Å². The lowest BCUT2D eigenvalue weighted by Gasteiger charge is -2.26. The molecular weight excluding hydrogens is 492 g/mol. The molecule has 36 heavy (non-hydrogen) atoms. The third-order valence-corrected chi connectivity index (χ3v) is 7.24. The van der Waals surface area contributed by atoms with Crippen LogP contribution in [0.15, 0.2) is 29.2 Å². The second-order valence-electron chi connectivity index (χ2n) is 9.08. The number of piperidine rings is 1. The monoisotopic (exact) mass is 521 g/mol. The summed E-state index contributed by atoms with van der Waals surface area (Å²) in [5, 5.41) is 6.11. The van der Waals surface area contributed by atoms with Gasteiger partial charge in [0.2, 0.25) is 16.0 Å². The van der Waals surface area contributed by atoms with Crippen molar-refractivity contribution in [2.45, 2.75) is 51.9 Å². The third-order valence-electron chi connectivity index (χ3n) is 5.76. The maximum atomic E-state index is 14.8. The van der Waals surface area contributed by atoms with Crippen LogP contribution in [0.25, 0.3) is 22.4 Å². The lowest BCUT2D eigenvalue weighted by molar-refractivity contribution is 0.254. The highest BCUT2D eigenvalue weighted by Gasteiger charge is 2.23. The zero-order chi connectivity index (χ0) is 26.0. The van der Waals surface area contributed by atoms with Crippen LogP contribution in [0.2, 0.25) is 0 Å². The van der Waals surface area contributed by atoms with Crippen molar-refractivity contribution in [3.8, 4) is 11.3 Å². The molecule has 0 spiro atoms. The summed E-state index contributed by atoms with van der Waals surface area (Å²) in [4.78, 5) is 26.6. The van der Waals surface area contributed by atoms with E-state index < -0.39 is 27.6 Å². The zero-order valence-electron chi connectivity index (χ0n) is 20.3. The van der Waals surface area contributed by atoms with Crippen molar-refractivity contribution >= 4 is 32.8 Å². The van der Waals surface area contributed by atoms with E-state index in [0.717, 1.165) is 6.07 Å². The van der Waals surface area contributed by atoms with Gasteiger partial charge in [-0.2, -0.15) is 4.98 Å². The molecule has 3 heterocycles. The molecule has 13 heteroatoms. The van der Waals surface area contributed by atoms with Gasteiger partial charge in [0.1, 0.15) is 23.2 Å². The maximum Gasteiger partial charge on any atom is 0.278 e. The number of nitrogens with zero attached hydrogens (tertiary/aromatic N) is 4. The first-order chi connectivity index (χ1) is 17.1. The Morgan fingerprint density at radius 1 is 1.25 bits per heavy atom. The van der Waals surface area contributed by atoms with Crippen LogP contribution in [0.1, 0.15) is 39.7 Å². The first-order valence-corrected chi connectivity index (χ1v) is 13.4. The number of nitrogens with one attached hydrogen (secondary N) is 3. The predicted octanol–water partition coefficient (Wildman–Crippen LogP) is 2.84. The molecule has 1 saturated heterocycles. The van der Waals surface area contributed by atoms with E-state index >= 15 is 0 Å². The summed E-state index contributed by atoms with van der Waals surface area (Å²) >= 11 is 0. The highest BCUT2D eigenvalue weighted by atomic mass is 32.2. The van der Waals surface area contributed by atoms with Gasteiger partial charge in [-0.3, -0.25) is 14.1 Å². The van der Waals surface area contributed by atoms with Gasteiger partial charge >= 0.3 is 0 Å². The Labute approximate surface area is 207 Å². The van der Waals surface area contributed by atoms with Crippen molar-refractivity contribution in [1.82, 2.24) is 24.8 Å². The second-order valence-corrected chi connectivity index (χ2v) is 10.9. The molecule has 2 aromatic heterocycles. The molecule has 0 saturated carbocycles. The number of alkyl halides is 1. The smallest absolute Gasteiger partial charge is 0.278 e. The average Bonchev–Trinajstić information content (AvgIpc) is 2.79. The Morgan fingerprint density at radius 3 is 2.69 bits per heavy atom. The van der Waals surface area contributed by atoms with E-state index in [1.165, 1.54) is 22.9 Å². The number of hydrogen-bond donors (Lipinski definition) is 3. The summed E-state index contributed by atoms with van der Waals surface area (Å²) in [6.45, 7) is 6.20. The second kappa shape index (κ2) is 10.4. The number of rotatable bonds is 8. The topological polar surface area (TPSA) is 131 Å². The SMILES string of the molecule is CCCS(=O)(=O)Nc1ccc(-c2nc3cnc(N[C@@H]4CNC[C@@H](F)C4)nc3n(C(C)C)c2=O)cc1F. The molecule has 10 nitrogen and oxygen atoms in total. The molecular formula is C23H29F2N7O3S. The Kier molecular flexibility index (Phi) is 7.50. The van der Waals surface area contributed by atoms with Gasteiger partial charge in [-0.1, -0.05) is 13.0 Å². The molecule has 194 valence electrons. The van der Waals surface area contributed by atoms with Crippen LogP contribution in [-0.4, -0.2) is 59.0 Å². The molecule has 3 aromatic rings. The van der Waals surface area contributed by atoms with Crippen LogP contribution in [0.5, 0.6) is 0 Å². The lowest BCUT2D eigenvalue weighted by atomic mass is 10.1. The number of aromatic nitrogens is 4. The number of benzene rings is 1. The molecule has 4 rings (SSSR count). The fourth-order valence-corrected chi connectivity index (χ4v) is 5.29. The first kappa shape index (κ1) is 25.9. The van der Waals surface area contributed by atoms with Gasteiger partial charge in [-0.25, -0.2) is 27.2 Å². The predicted molar refractivity (Wildman–Crippen MR) is 135 cm³/mol. The van der Waals surface area contributed by atoms with E-state index in [1.54, 1.807) is 6.92 Å². The minimum absolute atomic E-state index is 0.0147. The van der Waals surface area contributed by atoms with Gasteiger partial charge in [0.15, 0.2) is 5.65 Å². The fraction of sp³-hybridized carbons (Fsp3) is 0.478. The van der Waals surface area contributed by atoms with Gasteiger partial charge in [-0.15, -0.1) is 0 Å². The van der Waals surface area contributed by atoms with Crippen LogP contribution in [0.3, 0.4) is 0 Å². The number of sulfonamides is 1. The van der Waals surface area contributed by atoms with Crippen molar-refractivity contribution in [3.05, 3.63) is 40.6 Å². The van der Waals surface area contributed by atoms with Crippen LogP contribution < -0.4 is 20.9 Å². The Bertz CT molecular complexity index is 1430. The molecule has 1 aromatic carbocycles. The first-order valence-electron chi connectivity index (χ1n) is 11.8. The number of halogens is 2. The molecule has 1 aliphatic heterocycles. The summed E-state index contributed by atoms with van der Waals surface area (Å²) in [5.74, 6) is -0.712. The standard InChI is InChI=1S/C23H29F2N7O3S/c1-4-7-36(34,35)31-18-6-5-14(8-17(18)25)20-22(33)32(13(2)3)21-19(29-20)12-27-23(30-21)28-16-9-15(24)10-26-11-16/h5-6,8,12-13,15-16,26,31H,4,7,9-11H2,1-3H3,(H,27,28,30)/t15-,16-/m0/s1. The molecule has 1 fully saturated rings. The van der Waals surface area contributed by atoms with Crippen molar-refractivity contribution in [1.29, 1.82) is 0 Å². The van der Waals surface area contributed by atoms with E-state index in [-0.39, 0.29) is 40.7 Å². The van der Waals surface area contributed by atoms with E-state index in [0.29, 0.717) is 37.1 Å². The molecule has 3 N–H and O–H groups in total. The van der Waals surface area contributed by atoms with Crippen LogP contribution >= 0.6 is 0 Å². The molecule has 0 radical (unpaired) electrons. The number of hydrogen-bond acceptors (Lipinski definition) is 8. The van der Waals surface area contributed by atoms with Gasteiger partial charge in [0, 0.05) is 37.2 Å². The van der Waals surface area contributed by atoms with Crippen molar-refractivity contribution in [2.24, 2.45) is 0 Å².